The number of allylic oxidation sites excluding steroid dienone is 5. The quantitative estimate of drug-likeness (QED) is 0.149. The molecule has 1 aromatic heterocycles. The molecule has 70 heavy (non-hydrogen) atoms. The van der Waals surface area contributed by atoms with Gasteiger partial charge in [0.15, 0.2) is 23.0 Å². The molecular formula is C66H46N2O2. The van der Waals surface area contributed by atoms with Crippen LogP contribution in [-0.4, -0.2) is 4.57 Å². The van der Waals surface area contributed by atoms with E-state index in [1.807, 2.05) is 18.2 Å². The van der Waals surface area contributed by atoms with Gasteiger partial charge < -0.3 is 18.9 Å². The van der Waals surface area contributed by atoms with Crippen molar-refractivity contribution < 1.29 is 9.47 Å². The van der Waals surface area contributed by atoms with Crippen LogP contribution in [0.15, 0.2) is 243 Å². The molecule has 1 aliphatic heterocycles. The van der Waals surface area contributed by atoms with E-state index in [2.05, 4.69) is 241 Å². The van der Waals surface area contributed by atoms with Crippen molar-refractivity contribution >= 4 is 71.6 Å². The van der Waals surface area contributed by atoms with Gasteiger partial charge in [-0.3, -0.25) is 0 Å². The predicted molar refractivity (Wildman–Crippen MR) is 292 cm³/mol. The number of ether oxygens (including phenoxy) is 2. The summed E-state index contributed by atoms with van der Waals surface area (Å²) in [5, 5.41) is 9.43. The zero-order valence-electron chi connectivity index (χ0n) is 38.6. The van der Waals surface area contributed by atoms with Crippen LogP contribution in [0, 0.1) is 6.92 Å². The summed E-state index contributed by atoms with van der Waals surface area (Å²) < 4.78 is 16.2. The lowest BCUT2D eigenvalue weighted by atomic mass is 9.93. The van der Waals surface area contributed by atoms with Gasteiger partial charge >= 0.3 is 0 Å². The van der Waals surface area contributed by atoms with E-state index in [4.69, 9.17) is 9.47 Å². The minimum absolute atomic E-state index is 0.654. The average Bonchev–Trinajstić information content (AvgIpc) is 3.76. The molecule has 0 atom stereocenters. The fourth-order valence-corrected chi connectivity index (χ4v) is 10.8. The third-order valence-corrected chi connectivity index (χ3v) is 14.0. The number of benzene rings is 10. The van der Waals surface area contributed by atoms with Crippen LogP contribution >= 0.6 is 0 Å². The minimum atomic E-state index is 0.654. The maximum Gasteiger partial charge on any atom is 0.180 e. The van der Waals surface area contributed by atoms with E-state index in [0.29, 0.717) is 23.0 Å². The smallest absolute Gasteiger partial charge is 0.180 e. The second kappa shape index (κ2) is 16.9. The van der Waals surface area contributed by atoms with E-state index in [9.17, 15) is 0 Å². The molecule has 0 bridgehead atoms. The van der Waals surface area contributed by atoms with Crippen LogP contribution in [0.2, 0.25) is 0 Å². The number of nitrogens with zero attached hydrogens (tertiary/aromatic N) is 2. The molecule has 11 aromatic rings. The van der Waals surface area contributed by atoms with Crippen LogP contribution in [0.5, 0.6) is 23.0 Å². The molecule has 332 valence electrons. The molecule has 13 rings (SSSR count). The molecule has 0 spiro atoms. The molecule has 4 nitrogen and oxygen atoms in total. The number of rotatable bonds is 7. The highest BCUT2D eigenvalue weighted by Crippen LogP contribution is 2.53. The number of fused-ring (bicyclic) bond motifs is 9. The van der Waals surface area contributed by atoms with Gasteiger partial charge in [0, 0.05) is 28.5 Å². The molecule has 0 saturated heterocycles. The highest BCUT2D eigenvalue weighted by molar-refractivity contribution is 6.15. The van der Waals surface area contributed by atoms with Crippen LogP contribution in [0.4, 0.5) is 17.1 Å². The number of aryl methyl sites for hydroxylation is 1. The van der Waals surface area contributed by atoms with Gasteiger partial charge in [-0.15, -0.1) is 0 Å². The van der Waals surface area contributed by atoms with Crippen molar-refractivity contribution in [1.29, 1.82) is 0 Å². The molecule has 0 unspecified atom stereocenters. The first-order valence-corrected chi connectivity index (χ1v) is 23.9. The first kappa shape index (κ1) is 41.1. The first-order chi connectivity index (χ1) is 34.6. The van der Waals surface area contributed by atoms with Gasteiger partial charge in [0.25, 0.3) is 0 Å². The number of hydrogen-bond donors (Lipinski definition) is 0. The summed E-state index contributed by atoms with van der Waals surface area (Å²) >= 11 is 0. The maximum absolute atomic E-state index is 6.99. The molecular weight excluding hydrogens is 853 g/mol. The second-order valence-corrected chi connectivity index (χ2v) is 18.1. The zero-order chi connectivity index (χ0) is 46.7. The Morgan fingerprint density at radius 2 is 1.33 bits per heavy atom. The largest absolute Gasteiger partial charge is 0.449 e. The summed E-state index contributed by atoms with van der Waals surface area (Å²) in [6.45, 7) is 6.49. The van der Waals surface area contributed by atoms with Gasteiger partial charge in [-0.1, -0.05) is 170 Å². The van der Waals surface area contributed by atoms with Gasteiger partial charge in [0.1, 0.15) is 0 Å². The third-order valence-electron chi connectivity index (χ3n) is 14.0. The first-order valence-electron chi connectivity index (χ1n) is 23.9. The maximum atomic E-state index is 6.99. The summed E-state index contributed by atoms with van der Waals surface area (Å²) in [5.41, 5.74) is 13.2. The predicted octanol–water partition coefficient (Wildman–Crippen LogP) is 16.5. The van der Waals surface area contributed by atoms with E-state index < -0.39 is 0 Å². The van der Waals surface area contributed by atoms with E-state index >= 15 is 0 Å². The van der Waals surface area contributed by atoms with Gasteiger partial charge in [-0.2, -0.15) is 0 Å². The normalized spacial score (nSPS) is 14.0. The lowest BCUT2D eigenvalue weighted by molar-refractivity contribution is 0.363. The van der Waals surface area contributed by atoms with Gasteiger partial charge in [-0.05, 0) is 145 Å². The Hall–Kier alpha value is -9.12. The molecule has 2 heterocycles. The molecule has 2 aliphatic rings. The third kappa shape index (κ3) is 6.84. The second-order valence-electron chi connectivity index (χ2n) is 18.1. The standard InChI is InChI=1S/C66H46N2O2/c1-3-51(54-29-11-10-27-52(54)44-20-5-4-6-21-44)45-23-17-26-49(39-45)68-60-34-16-14-32-57(60)65-61(68)36-38-63-66(65)70-62-37-35-50(42-64(62)69-63)67(59-33-15-7-19-43(59)2)48-25-18-24-46(40-48)58-41-47-22-8-9-28-53(47)55-30-12-13-31-56(55)58/h3-20,22-42H,1,21H2,2H3/b52-44-,54-51+. The highest BCUT2D eigenvalue weighted by Gasteiger charge is 2.27. The van der Waals surface area contributed by atoms with Crippen LogP contribution in [0.1, 0.15) is 17.5 Å². The molecule has 0 radical (unpaired) electrons. The lowest BCUT2D eigenvalue weighted by Gasteiger charge is -2.29. The number of aromatic nitrogens is 1. The summed E-state index contributed by atoms with van der Waals surface area (Å²) in [6.07, 6.45) is 11.5. The van der Waals surface area contributed by atoms with E-state index in [1.165, 1.54) is 43.1 Å². The summed E-state index contributed by atoms with van der Waals surface area (Å²) in [7, 11) is 0. The summed E-state index contributed by atoms with van der Waals surface area (Å²) in [5.74, 6) is 2.69. The Kier molecular flexibility index (Phi) is 9.91. The topological polar surface area (TPSA) is 26.6 Å². The Labute approximate surface area is 406 Å². The fourth-order valence-electron chi connectivity index (χ4n) is 10.8. The Morgan fingerprint density at radius 3 is 2.20 bits per heavy atom. The molecule has 0 N–H and O–H groups in total. The number of anilines is 3. The Bertz CT molecular complexity index is 4150. The zero-order valence-corrected chi connectivity index (χ0v) is 38.6. The van der Waals surface area contributed by atoms with Gasteiger partial charge in [-0.25, -0.2) is 0 Å². The molecule has 0 saturated carbocycles. The minimum Gasteiger partial charge on any atom is -0.449 e. The van der Waals surface area contributed by atoms with Crippen molar-refractivity contribution in [1.82, 2.24) is 4.57 Å². The van der Waals surface area contributed by atoms with E-state index in [1.54, 1.807) is 0 Å². The van der Waals surface area contributed by atoms with Crippen LogP contribution < -0.4 is 24.8 Å². The molecule has 0 amide bonds. The van der Waals surface area contributed by atoms with Crippen LogP contribution in [0.25, 0.3) is 71.3 Å². The number of para-hydroxylation sites is 2. The molecule has 0 fully saturated rings. The fraction of sp³-hybridized carbons (Fsp3) is 0.0303. The highest BCUT2D eigenvalue weighted by atomic mass is 16.6. The average molecular weight is 899 g/mol. The molecule has 10 aromatic carbocycles. The van der Waals surface area contributed by atoms with Crippen molar-refractivity contribution in [3.8, 4) is 39.8 Å². The lowest BCUT2D eigenvalue weighted by Crippen LogP contribution is -2.28. The monoisotopic (exact) mass is 898 g/mol. The van der Waals surface area contributed by atoms with E-state index in [-0.39, 0.29) is 0 Å². The Morgan fingerprint density at radius 1 is 0.571 bits per heavy atom. The Balaban J connectivity index is 0.906. The van der Waals surface area contributed by atoms with Crippen molar-refractivity contribution in [2.24, 2.45) is 0 Å². The summed E-state index contributed by atoms with van der Waals surface area (Å²) in [6, 6.07) is 73.6. The summed E-state index contributed by atoms with van der Waals surface area (Å²) in [4.78, 5) is 2.32. The van der Waals surface area contributed by atoms with Crippen LogP contribution in [0.3, 0.4) is 0 Å². The van der Waals surface area contributed by atoms with Crippen molar-refractivity contribution in [2.45, 2.75) is 13.3 Å². The number of hydrogen-bond acceptors (Lipinski definition) is 3. The van der Waals surface area contributed by atoms with Gasteiger partial charge in [0.2, 0.25) is 0 Å². The van der Waals surface area contributed by atoms with Crippen LogP contribution in [-0.2, 0) is 0 Å². The van der Waals surface area contributed by atoms with E-state index in [0.717, 1.165) is 73.2 Å². The SMILES string of the molecule is C=C/C(c1cccc(-n2c3ccccc3c3c4c(ccc32)Oc2cc(N(c3cccc(-c5cc6ccccc6c6ccccc56)c3)c3ccccc3C)ccc2O4)c1)=c1/cccc/c1=C1\C=CC=CC1. The molecule has 4 heteroatoms. The molecule has 1 aliphatic carbocycles. The van der Waals surface area contributed by atoms with Crippen molar-refractivity contribution in [2.75, 3.05) is 4.90 Å². The van der Waals surface area contributed by atoms with Crippen molar-refractivity contribution in [3.63, 3.8) is 0 Å². The van der Waals surface area contributed by atoms with Gasteiger partial charge in [0.05, 0.1) is 22.1 Å². The van der Waals surface area contributed by atoms with Crippen molar-refractivity contribution in [3.05, 3.63) is 265 Å².